The van der Waals surface area contributed by atoms with Gasteiger partial charge < -0.3 is 33.9 Å². The zero-order chi connectivity index (χ0) is 37.6. The van der Waals surface area contributed by atoms with Crippen LogP contribution in [-0.4, -0.2) is 70.5 Å². The third kappa shape index (κ3) is 9.14. The Morgan fingerprint density at radius 2 is 1.73 bits per heavy atom. The molecule has 1 aliphatic rings. The minimum atomic E-state index is -4.70. The van der Waals surface area contributed by atoms with Gasteiger partial charge in [0.25, 0.3) is 0 Å². The van der Waals surface area contributed by atoms with E-state index in [4.69, 9.17) is 43.0 Å². The Morgan fingerprint density at radius 3 is 2.33 bits per heavy atom. The SMILES string of the molecule is CCC(=O)O[C@H]1[C@@H](OC(=O)CC)[C@](C#N)(c2ccc3c(N)ncnn23)O[C@@H]1COP(=O)(OCOC(=O)OC(C)C)Oc1ccc(C(C)(C)C)cc1. The number of nitrogens with zero attached hydrogens (tertiary/aromatic N) is 4. The summed E-state index contributed by atoms with van der Waals surface area (Å²) in [6.07, 6.45) is -5.10. The molecule has 2 N–H and O–H groups in total. The zero-order valence-corrected chi connectivity index (χ0v) is 30.3. The van der Waals surface area contributed by atoms with Crippen molar-refractivity contribution in [2.45, 2.75) is 96.7 Å². The highest BCUT2D eigenvalue weighted by atomic mass is 31.2. The maximum Gasteiger partial charge on any atom is 0.533 e. The number of nitrogen functional groups attached to an aromatic ring is 1. The zero-order valence-electron chi connectivity index (χ0n) is 29.4. The van der Waals surface area contributed by atoms with Gasteiger partial charge in [-0.05, 0) is 49.1 Å². The first-order valence-electron chi connectivity index (χ1n) is 16.1. The highest BCUT2D eigenvalue weighted by Crippen LogP contribution is 2.51. The molecule has 0 saturated carbocycles. The lowest BCUT2D eigenvalue weighted by Crippen LogP contribution is -2.46. The molecule has 0 spiro atoms. The van der Waals surface area contributed by atoms with Crippen molar-refractivity contribution in [2.75, 3.05) is 19.1 Å². The molecule has 276 valence electrons. The summed E-state index contributed by atoms with van der Waals surface area (Å²) in [6.45, 7) is 10.7. The first-order chi connectivity index (χ1) is 24.1. The minimum absolute atomic E-state index is 0.0646. The molecule has 5 atom stereocenters. The number of phosphoric ester groups is 1. The lowest BCUT2D eigenvalue weighted by atomic mass is 9.87. The van der Waals surface area contributed by atoms with Gasteiger partial charge in [-0.3, -0.25) is 14.1 Å². The Balaban J connectivity index is 1.72. The van der Waals surface area contributed by atoms with Gasteiger partial charge in [0.1, 0.15) is 29.8 Å². The Kier molecular flexibility index (Phi) is 12.3. The summed E-state index contributed by atoms with van der Waals surface area (Å²) < 4.78 is 59.7. The van der Waals surface area contributed by atoms with Crippen molar-refractivity contribution in [3.63, 3.8) is 0 Å². The van der Waals surface area contributed by atoms with Gasteiger partial charge in [-0.25, -0.2) is 23.4 Å². The van der Waals surface area contributed by atoms with Crippen LogP contribution in [0.1, 0.15) is 72.6 Å². The minimum Gasteiger partial charge on any atom is -0.455 e. The third-order valence-electron chi connectivity index (χ3n) is 7.59. The van der Waals surface area contributed by atoms with Gasteiger partial charge in [-0.15, -0.1) is 0 Å². The van der Waals surface area contributed by atoms with Crippen molar-refractivity contribution in [1.82, 2.24) is 14.6 Å². The molecule has 17 nitrogen and oxygen atoms in total. The fourth-order valence-corrected chi connectivity index (χ4v) is 6.10. The molecule has 1 aromatic carbocycles. The summed E-state index contributed by atoms with van der Waals surface area (Å²) in [4.78, 5) is 41.5. The lowest BCUT2D eigenvalue weighted by molar-refractivity contribution is -0.169. The highest BCUT2D eigenvalue weighted by Gasteiger charge is 2.62. The molecule has 1 fully saturated rings. The third-order valence-corrected chi connectivity index (χ3v) is 8.91. The van der Waals surface area contributed by atoms with Gasteiger partial charge in [0.2, 0.25) is 12.4 Å². The molecule has 0 radical (unpaired) electrons. The molecule has 51 heavy (non-hydrogen) atoms. The first kappa shape index (κ1) is 39.0. The Hall–Kier alpha value is -4.75. The molecular formula is C33H42N5O12P. The maximum atomic E-state index is 14.1. The average Bonchev–Trinajstić information content (AvgIpc) is 3.64. The summed E-state index contributed by atoms with van der Waals surface area (Å²) >= 11 is 0. The molecule has 0 aliphatic carbocycles. The van der Waals surface area contributed by atoms with E-state index in [1.54, 1.807) is 52.0 Å². The molecular weight excluding hydrogens is 689 g/mol. The van der Waals surface area contributed by atoms with Gasteiger partial charge in [-0.2, -0.15) is 10.4 Å². The second kappa shape index (κ2) is 16.1. The van der Waals surface area contributed by atoms with Gasteiger partial charge in [0, 0.05) is 12.8 Å². The molecule has 2 aromatic heterocycles. The number of carbonyl (C=O) groups excluding carboxylic acids is 3. The summed E-state index contributed by atoms with van der Waals surface area (Å²) in [5, 5.41) is 14.9. The number of nitriles is 1. The number of rotatable bonds is 14. The molecule has 3 heterocycles. The number of fused-ring (bicyclic) bond motifs is 1. The van der Waals surface area contributed by atoms with Crippen LogP contribution in [-0.2, 0) is 57.9 Å². The maximum absolute atomic E-state index is 14.1. The molecule has 4 rings (SSSR count). The second-order valence-electron chi connectivity index (χ2n) is 12.7. The molecule has 1 aliphatic heterocycles. The first-order valence-corrected chi connectivity index (χ1v) is 17.6. The van der Waals surface area contributed by atoms with Crippen LogP contribution in [0.3, 0.4) is 0 Å². The van der Waals surface area contributed by atoms with Crippen LogP contribution in [0.15, 0.2) is 42.7 Å². The number of hydrogen-bond donors (Lipinski definition) is 1. The van der Waals surface area contributed by atoms with E-state index in [0.29, 0.717) is 5.52 Å². The summed E-state index contributed by atoms with van der Waals surface area (Å²) in [7, 11) is -4.70. The highest BCUT2D eigenvalue weighted by molar-refractivity contribution is 7.48. The topological polar surface area (TPSA) is 222 Å². The van der Waals surface area contributed by atoms with Crippen molar-refractivity contribution in [1.29, 1.82) is 5.26 Å². The van der Waals surface area contributed by atoms with E-state index in [-0.39, 0.29) is 35.5 Å². The monoisotopic (exact) mass is 731 g/mol. The van der Waals surface area contributed by atoms with E-state index in [0.717, 1.165) is 11.9 Å². The van der Waals surface area contributed by atoms with Crippen molar-refractivity contribution >= 4 is 37.3 Å². The van der Waals surface area contributed by atoms with Crippen LogP contribution in [0.25, 0.3) is 5.52 Å². The normalized spacial score (nSPS) is 21.4. The number of anilines is 1. The Labute approximate surface area is 294 Å². The predicted octanol–water partition coefficient (Wildman–Crippen LogP) is 5.11. The predicted molar refractivity (Wildman–Crippen MR) is 178 cm³/mol. The van der Waals surface area contributed by atoms with Gasteiger partial charge in [0.15, 0.2) is 18.0 Å². The van der Waals surface area contributed by atoms with E-state index in [1.165, 1.54) is 16.6 Å². The molecule has 1 unspecified atom stereocenters. The van der Waals surface area contributed by atoms with Gasteiger partial charge in [0.05, 0.1) is 18.4 Å². The number of hydrogen-bond acceptors (Lipinski definition) is 16. The summed E-state index contributed by atoms with van der Waals surface area (Å²) in [6, 6.07) is 11.7. The number of carbonyl (C=O) groups is 3. The van der Waals surface area contributed by atoms with Crippen molar-refractivity contribution in [3.8, 4) is 11.8 Å². The molecule has 1 saturated heterocycles. The summed E-state index contributed by atoms with van der Waals surface area (Å²) in [5.74, 6) is -1.30. The quantitative estimate of drug-likeness (QED) is 0.0984. The summed E-state index contributed by atoms with van der Waals surface area (Å²) in [5.41, 5.74) is 5.00. The van der Waals surface area contributed by atoms with Gasteiger partial charge >= 0.3 is 25.9 Å². The van der Waals surface area contributed by atoms with E-state index in [2.05, 4.69) is 16.2 Å². The fourth-order valence-electron chi connectivity index (χ4n) is 5.03. The second-order valence-corrected chi connectivity index (χ2v) is 14.2. The smallest absolute Gasteiger partial charge is 0.455 e. The van der Waals surface area contributed by atoms with Crippen LogP contribution in [0, 0.1) is 11.3 Å². The largest absolute Gasteiger partial charge is 0.533 e. The number of nitrogens with two attached hydrogens (primary N) is 1. The number of esters is 2. The van der Waals surface area contributed by atoms with E-state index in [1.807, 2.05) is 20.8 Å². The van der Waals surface area contributed by atoms with Crippen molar-refractivity contribution in [3.05, 3.63) is 54.0 Å². The number of benzene rings is 1. The van der Waals surface area contributed by atoms with Crippen LogP contribution in [0.5, 0.6) is 5.75 Å². The lowest BCUT2D eigenvalue weighted by Gasteiger charge is -2.28. The van der Waals surface area contributed by atoms with E-state index < -0.39 is 69.3 Å². The molecule has 18 heteroatoms. The van der Waals surface area contributed by atoms with Crippen molar-refractivity contribution in [2.24, 2.45) is 0 Å². The Bertz CT molecular complexity index is 1800. The average molecular weight is 732 g/mol. The fraction of sp³-hybridized carbons (Fsp3) is 0.515. The number of aromatic nitrogens is 3. The number of phosphoric acid groups is 1. The van der Waals surface area contributed by atoms with Crippen LogP contribution < -0.4 is 10.3 Å². The van der Waals surface area contributed by atoms with Crippen LogP contribution in [0.2, 0.25) is 0 Å². The van der Waals surface area contributed by atoms with Gasteiger partial charge in [-0.1, -0.05) is 46.8 Å². The molecule has 0 amide bonds. The van der Waals surface area contributed by atoms with Crippen LogP contribution in [0.4, 0.5) is 10.6 Å². The standard InChI is InChI=1S/C33H42N5O12P/c1-8-26(39)47-28-24(49-33(17-34,29(28)48-27(40)9-2)25-15-14-23-30(35)36-18-37-38(23)25)16-44-51(42,45-19-43-31(41)46-20(3)4)50-22-12-10-21(11-13-22)32(5,6)7/h10-15,18,20,24,28-29H,8-9,16,19H2,1-7H3,(H2,35,36,37)/t24-,28-,29-,33+,51?/m1/s1. The molecule has 0 bridgehead atoms. The molecule has 3 aromatic rings. The van der Waals surface area contributed by atoms with E-state index in [9.17, 15) is 24.2 Å². The number of ether oxygens (including phenoxy) is 5. The van der Waals surface area contributed by atoms with Crippen LogP contribution >= 0.6 is 7.82 Å². The van der Waals surface area contributed by atoms with E-state index >= 15 is 0 Å². The van der Waals surface area contributed by atoms with Crippen molar-refractivity contribution < 1.29 is 56.2 Å². The Morgan fingerprint density at radius 1 is 1.06 bits per heavy atom.